The molecule has 1 atom stereocenters. The molecule has 138 valence electrons. The first-order chi connectivity index (χ1) is 12.4. The summed E-state index contributed by atoms with van der Waals surface area (Å²) in [6.45, 7) is 0.644. The number of halogens is 3. The molecule has 1 aliphatic rings. The van der Waals surface area contributed by atoms with Gasteiger partial charge < -0.3 is 14.4 Å². The molecular formula is C17H16F3N3O3. The van der Waals surface area contributed by atoms with Crippen molar-refractivity contribution in [3.63, 3.8) is 0 Å². The number of amides is 1. The average molecular weight is 367 g/mol. The van der Waals surface area contributed by atoms with Crippen molar-refractivity contribution >= 4 is 5.91 Å². The zero-order chi connectivity index (χ0) is 18.7. The molecule has 1 fully saturated rings. The molecule has 1 aliphatic heterocycles. The highest BCUT2D eigenvalue weighted by Gasteiger charge is 2.33. The topological polar surface area (TPSA) is 64.6 Å². The molecule has 2 aromatic rings. The highest BCUT2D eigenvalue weighted by atomic mass is 19.4. The maximum Gasteiger partial charge on any atom is 0.416 e. The quantitative estimate of drug-likeness (QED) is 0.832. The second-order valence-electron chi connectivity index (χ2n) is 5.76. The Bertz CT molecular complexity index is 798. The summed E-state index contributed by atoms with van der Waals surface area (Å²) in [5.41, 5.74) is -0.844. The molecule has 0 spiro atoms. The summed E-state index contributed by atoms with van der Waals surface area (Å²) in [7, 11) is 1.46. The van der Waals surface area contributed by atoms with Crippen LogP contribution in [0.3, 0.4) is 0 Å². The van der Waals surface area contributed by atoms with Crippen molar-refractivity contribution in [1.29, 1.82) is 0 Å². The van der Waals surface area contributed by atoms with Crippen LogP contribution < -0.4 is 9.47 Å². The first-order valence-corrected chi connectivity index (χ1v) is 7.86. The molecule has 2 heterocycles. The minimum atomic E-state index is -4.49. The molecule has 0 aliphatic carbocycles. The van der Waals surface area contributed by atoms with E-state index < -0.39 is 17.6 Å². The fourth-order valence-corrected chi connectivity index (χ4v) is 2.68. The van der Waals surface area contributed by atoms with Crippen LogP contribution in [0.1, 0.15) is 22.3 Å². The fourth-order valence-electron chi connectivity index (χ4n) is 2.68. The van der Waals surface area contributed by atoms with Gasteiger partial charge in [-0.15, -0.1) is 0 Å². The van der Waals surface area contributed by atoms with Crippen molar-refractivity contribution in [2.45, 2.75) is 18.7 Å². The second-order valence-corrected chi connectivity index (χ2v) is 5.76. The van der Waals surface area contributed by atoms with E-state index in [0.717, 1.165) is 12.1 Å². The molecule has 6 nitrogen and oxygen atoms in total. The van der Waals surface area contributed by atoms with Crippen LogP contribution in [0.25, 0.3) is 0 Å². The predicted octanol–water partition coefficient (Wildman–Crippen LogP) is 2.80. The average Bonchev–Trinajstić information content (AvgIpc) is 3.09. The van der Waals surface area contributed by atoms with Crippen LogP contribution >= 0.6 is 0 Å². The number of benzene rings is 1. The Labute approximate surface area is 147 Å². The van der Waals surface area contributed by atoms with Crippen LogP contribution in [0.4, 0.5) is 13.2 Å². The number of alkyl halides is 3. The SMILES string of the molecule is COc1cncc(OC2CCN(C(=O)c3cccc(C(F)(F)F)c3)C2)n1. The van der Waals surface area contributed by atoms with Gasteiger partial charge in [0.05, 0.1) is 31.6 Å². The number of hydrogen-bond donors (Lipinski definition) is 0. The maximum atomic E-state index is 12.8. The van der Waals surface area contributed by atoms with Gasteiger partial charge in [-0.25, -0.2) is 0 Å². The van der Waals surface area contributed by atoms with E-state index in [9.17, 15) is 18.0 Å². The number of carbonyl (C=O) groups excluding carboxylic acids is 1. The number of aromatic nitrogens is 2. The minimum absolute atomic E-state index is 0.00153. The molecule has 0 radical (unpaired) electrons. The lowest BCUT2D eigenvalue weighted by molar-refractivity contribution is -0.137. The van der Waals surface area contributed by atoms with E-state index >= 15 is 0 Å². The van der Waals surface area contributed by atoms with Crippen molar-refractivity contribution in [1.82, 2.24) is 14.9 Å². The minimum Gasteiger partial charge on any atom is -0.480 e. The zero-order valence-corrected chi connectivity index (χ0v) is 13.9. The van der Waals surface area contributed by atoms with Crippen LogP contribution in [0.5, 0.6) is 11.8 Å². The van der Waals surface area contributed by atoms with Gasteiger partial charge in [-0.3, -0.25) is 9.78 Å². The van der Waals surface area contributed by atoms with Crippen LogP contribution in [-0.2, 0) is 6.18 Å². The lowest BCUT2D eigenvalue weighted by atomic mass is 10.1. The summed E-state index contributed by atoms with van der Waals surface area (Å²) in [5.74, 6) is 0.110. The third-order valence-corrected chi connectivity index (χ3v) is 3.96. The number of nitrogens with zero attached hydrogens (tertiary/aromatic N) is 3. The highest BCUT2D eigenvalue weighted by Crippen LogP contribution is 2.30. The Morgan fingerprint density at radius 3 is 2.77 bits per heavy atom. The summed E-state index contributed by atoms with van der Waals surface area (Å²) in [6, 6.07) is 4.41. The van der Waals surface area contributed by atoms with Crippen LogP contribution in [0.15, 0.2) is 36.7 Å². The molecule has 3 rings (SSSR count). The van der Waals surface area contributed by atoms with Gasteiger partial charge in [-0.1, -0.05) is 6.07 Å². The van der Waals surface area contributed by atoms with Crippen molar-refractivity contribution in [3.05, 3.63) is 47.8 Å². The first-order valence-electron chi connectivity index (χ1n) is 7.86. The first kappa shape index (κ1) is 18.0. The molecule has 1 aromatic carbocycles. The molecule has 1 amide bonds. The highest BCUT2D eigenvalue weighted by molar-refractivity contribution is 5.94. The summed E-state index contributed by atoms with van der Waals surface area (Å²) < 4.78 is 49.1. The van der Waals surface area contributed by atoms with Crippen LogP contribution in [0, 0.1) is 0 Å². The third kappa shape index (κ3) is 4.04. The summed E-state index contributed by atoms with van der Waals surface area (Å²) >= 11 is 0. The Morgan fingerprint density at radius 1 is 1.27 bits per heavy atom. The maximum absolute atomic E-state index is 12.8. The van der Waals surface area contributed by atoms with Crippen molar-refractivity contribution in [3.8, 4) is 11.8 Å². The van der Waals surface area contributed by atoms with Crippen LogP contribution in [0.2, 0.25) is 0 Å². The molecule has 1 aromatic heterocycles. The van der Waals surface area contributed by atoms with Crippen molar-refractivity contribution < 1.29 is 27.4 Å². The summed E-state index contributed by atoms with van der Waals surface area (Å²) in [4.78, 5) is 22.0. The molecule has 1 unspecified atom stereocenters. The van der Waals surface area contributed by atoms with Gasteiger partial charge in [0.1, 0.15) is 6.10 Å². The molecule has 0 bridgehead atoms. The number of carbonyl (C=O) groups is 1. The Hall–Kier alpha value is -2.84. The third-order valence-electron chi connectivity index (χ3n) is 3.96. The summed E-state index contributed by atoms with van der Waals surface area (Å²) in [6.07, 6.45) is -1.39. The summed E-state index contributed by atoms with van der Waals surface area (Å²) in [5, 5.41) is 0. The standard InChI is InChI=1S/C17H16F3N3O3/c1-25-14-8-21-9-15(22-14)26-13-5-6-23(10-13)16(24)11-3-2-4-12(7-11)17(18,19)20/h2-4,7-9,13H,5-6,10H2,1H3. The van der Waals surface area contributed by atoms with Gasteiger partial charge >= 0.3 is 6.18 Å². The Balaban J connectivity index is 1.66. The Morgan fingerprint density at radius 2 is 2.04 bits per heavy atom. The van der Waals surface area contributed by atoms with Crippen LogP contribution in [-0.4, -0.2) is 47.1 Å². The molecule has 9 heteroatoms. The number of likely N-dealkylation sites (tertiary alicyclic amines) is 1. The molecule has 26 heavy (non-hydrogen) atoms. The van der Waals surface area contributed by atoms with E-state index in [2.05, 4.69) is 9.97 Å². The number of methoxy groups -OCH3 is 1. The number of hydrogen-bond acceptors (Lipinski definition) is 5. The normalized spacial score (nSPS) is 17.2. The van der Waals surface area contributed by atoms with Gasteiger partial charge in [0.15, 0.2) is 0 Å². The zero-order valence-electron chi connectivity index (χ0n) is 13.9. The monoisotopic (exact) mass is 367 g/mol. The smallest absolute Gasteiger partial charge is 0.416 e. The molecule has 0 saturated carbocycles. The number of rotatable bonds is 4. The van der Waals surface area contributed by atoms with E-state index in [4.69, 9.17) is 9.47 Å². The number of ether oxygens (including phenoxy) is 2. The van der Waals surface area contributed by atoms with E-state index in [1.165, 1.54) is 36.5 Å². The predicted molar refractivity (Wildman–Crippen MR) is 85.0 cm³/mol. The van der Waals surface area contributed by atoms with Gasteiger partial charge in [0.2, 0.25) is 11.8 Å². The second kappa shape index (κ2) is 7.19. The van der Waals surface area contributed by atoms with Gasteiger partial charge in [-0.2, -0.15) is 18.2 Å². The molecule has 0 N–H and O–H groups in total. The molecular weight excluding hydrogens is 351 g/mol. The van der Waals surface area contributed by atoms with Crippen molar-refractivity contribution in [2.75, 3.05) is 20.2 Å². The largest absolute Gasteiger partial charge is 0.480 e. The van der Waals surface area contributed by atoms with E-state index in [-0.39, 0.29) is 24.1 Å². The lowest BCUT2D eigenvalue weighted by Crippen LogP contribution is -2.31. The lowest BCUT2D eigenvalue weighted by Gasteiger charge is -2.18. The van der Waals surface area contributed by atoms with Gasteiger partial charge in [0, 0.05) is 18.5 Å². The van der Waals surface area contributed by atoms with E-state index in [1.807, 2.05) is 0 Å². The van der Waals surface area contributed by atoms with E-state index in [0.29, 0.717) is 18.8 Å². The van der Waals surface area contributed by atoms with Gasteiger partial charge in [-0.05, 0) is 18.2 Å². The van der Waals surface area contributed by atoms with Crippen molar-refractivity contribution in [2.24, 2.45) is 0 Å². The fraction of sp³-hybridized carbons (Fsp3) is 0.353. The van der Waals surface area contributed by atoms with E-state index in [1.54, 1.807) is 0 Å². The van der Waals surface area contributed by atoms with Gasteiger partial charge in [0.25, 0.3) is 5.91 Å². The molecule has 1 saturated heterocycles. The Kier molecular flexibility index (Phi) is 4.97.